The molecule has 0 saturated carbocycles. The fourth-order valence-electron chi connectivity index (χ4n) is 2.60. The van der Waals surface area contributed by atoms with Gasteiger partial charge in [-0.25, -0.2) is 9.38 Å². The highest BCUT2D eigenvalue weighted by atomic mass is 32.2. The quantitative estimate of drug-likeness (QED) is 0.767. The average Bonchev–Trinajstić information content (AvgIpc) is 2.72. The molecule has 1 atom stereocenters. The van der Waals surface area contributed by atoms with Gasteiger partial charge in [0.05, 0.1) is 12.3 Å². The Hall–Kier alpha value is -2.87. The van der Waals surface area contributed by atoms with Crippen LogP contribution < -0.4 is 10.1 Å². The first-order chi connectivity index (χ1) is 14.0. The molecule has 0 unspecified atom stereocenters. The number of carbonyl (C=O) groups is 2. The van der Waals surface area contributed by atoms with Crippen LogP contribution in [0.5, 0.6) is 5.75 Å². The minimum Gasteiger partial charge on any atom is -0.494 e. The Labute approximate surface area is 173 Å². The van der Waals surface area contributed by atoms with E-state index in [0.29, 0.717) is 23.1 Å². The Bertz CT molecular complexity index is 900. The number of benzene rings is 2. The SMILES string of the molecule is CCCOc1ccc(NC(=O)[C@@H]2CC(=O)N(C)C(=Nc3ccc(F)cc3)S2)cc1. The van der Waals surface area contributed by atoms with Gasteiger partial charge in [-0.15, -0.1) is 0 Å². The largest absolute Gasteiger partial charge is 0.494 e. The molecule has 1 aliphatic heterocycles. The molecule has 1 aliphatic rings. The molecule has 2 amide bonds. The van der Waals surface area contributed by atoms with E-state index in [-0.39, 0.29) is 24.1 Å². The van der Waals surface area contributed by atoms with Gasteiger partial charge in [0.2, 0.25) is 11.8 Å². The summed E-state index contributed by atoms with van der Waals surface area (Å²) in [4.78, 5) is 30.8. The van der Waals surface area contributed by atoms with Gasteiger partial charge in [0.1, 0.15) is 16.8 Å². The second-order valence-electron chi connectivity index (χ2n) is 6.50. The summed E-state index contributed by atoms with van der Waals surface area (Å²) in [6, 6.07) is 12.7. The summed E-state index contributed by atoms with van der Waals surface area (Å²) in [7, 11) is 1.61. The molecule has 6 nitrogen and oxygen atoms in total. The Morgan fingerprint density at radius 1 is 1.24 bits per heavy atom. The van der Waals surface area contributed by atoms with Crippen molar-refractivity contribution in [2.45, 2.75) is 25.0 Å². The molecular formula is C21H22FN3O3S. The molecule has 2 aromatic carbocycles. The van der Waals surface area contributed by atoms with E-state index in [2.05, 4.69) is 10.3 Å². The van der Waals surface area contributed by atoms with Gasteiger partial charge in [0, 0.05) is 19.2 Å². The molecule has 1 heterocycles. The Balaban J connectivity index is 1.68. The number of hydrogen-bond donors (Lipinski definition) is 1. The van der Waals surface area contributed by atoms with Crippen molar-refractivity contribution < 1.29 is 18.7 Å². The molecule has 3 rings (SSSR count). The lowest BCUT2D eigenvalue weighted by Crippen LogP contribution is -2.43. The van der Waals surface area contributed by atoms with E-state index in [0.717, 1.165) is 12.2 Å². The van der Waals surface area contributed by atoms with E-state index in [1.807, 2.05) is 6.92 Å². The normalized spacial score (nSPS) is 18.0. The number of nitrogens with one attached hydrogen (secondary N) is 1. The lowest BCUT2D eigenvalue weighted by Gasteiger charge is -2.28. The van der Waals surface area contributed by atoms with Gasteiger partial charge < -0.3 is 10.1 Å². The van der Waals surface area contributed by atoms with Crippen LogP contribution in [0.4, 0.5) is 15.8 Å². The smallest absolute Gasteiger partial charge is 0.238 e. The number of ether oxygens (including phenoxy) is 1. The lowest BCUT2D eigenvalue weighted by atomic mass is 10.2. The number of hydrogen-bond acceptors (Lipinski definition) is 5. The lowest BCUT2D eigenvalue weighted by molar-refractivity contribution is -0.128. The number of carbonyl (C=O) groups excluding carboxylic acids is 2. The third kappa shape index (κ3) is 5.57. The van der Waals surface area contributed by atoms with E-state index < -0.39 is 5.25 Å². The van der Waals surface area contributed by atoms with Crippen molar-refractivity contribution in [3.8, 4) is 5.75 Å². The van der Waals surface area contributed by atoms with Crippen LogP contribution >= 0.6 is 11.8 Å². The standard InChI is InChI=1S/C21H22FN3O3S/c1-3-12-28-17-10-8-15(9-11-17)23-20(27)18-13-19(26)25(2)21(29-18)24-16-6-4-14(22)5-7-16/h4-11,18H,3,12-13H2,1-2H3,(H,23,27)/t18-/m0/s1. The maximum atomic E-state index is 13.1. The first-order valence-corrected chi connectivity index (χ1v) is 10.2. The summed E-state index contributed by atoms with van der Waals surface area (Å²) in [5.41, 5.74) is 1.14. The van der Waals surface area contributed by atoms with Crippen LogP contribution in [0.25, 0.3) is 0 Å². The summed E-state index contributed by atoms with van der Waals surface area (Å²) < 4.78 is 18.6. The first-order valence-electron chi connectivity index (χ1n) is 9.27. The monoisotopic (exact) mass is 415 g/mol. The number of thioether (sulfide) groups is 1. The van der Waals surface area contributed by atoms with E-state index in [4.69, 9.17) is 4.74 Å². The summed E-state index contributed by atoms with van der Waals surface area (Å²) >= 11 is 1.21. The molecule has 0 bridgehead atoms. The topological polar surface area (TPSA) is 71.0 Å². The Morgan fingerprint density at radius 3 is 2.59 bits per heavy atom. The molecule has 2 aromatic rings. The van der Waals surface area contributed by atoms with Crippen molar-refractivity contribution in [1.29, 1.82) is 0 Å². The number of rotatable bonds is 6. The summed E-state index contributed by atoms with van der Waals surface area (Å²) in [5, 5.41) is 2.63. The van der Waals surface area contributed by atoms with E-state index >= 15 is 0 Å². The third-order valence-electron chi connectivity index (χ3n) is 4.21. The molecular weight excluding hydrogens is 393 g/mol. The third-order valence-corrected chi connectivity index (χ3v) is 5.45. The maximum absolute atomic E-state index is 13.1. The van der Waals surface area contributed by atoms with Crippen molar-refractivity contribution in [3.63, 3.8) is 0 Å². The van der Waals surface area contributed by atoms with Crippen molar-refractivity contribution in [2.75, 3.05) is 19.0 Å². The second-order valence-corrected chi connectivity index (χ2v) is 7.67. The zero-order chi connectivity index (χ0) is 20.8. The highest BCUT2D eigenvalue weighted by molar-refractivity contribution is 8.15. The highest BCUT2D eigenvalue weighted by Gasteiger charge is 2.34. The molecule has 8 heteroatoms. The van der Waals surface area contributed by atoms with Crippen LogP contribution in [-0.2, 0) is 9.59 Å². The van der Waals surface area contributed by atoms with Crippen molar-refractivity contribution >= 4 is 40.1 Å². The van der Waals surface area contributed by atoms with E-state index in [1.165, 1.54) is 40.9 Å². The van der Waals surface area contributed by atoms with Crippen LogP contribution in [0.15, 0.2) is 53.5 Å². The van der Waals surface area contributed by atoms with Gasteiger partial charge in [-0.05, 0) is 55.0 Å². The van der Waals surface area contributed by atoms with Gasteiger partial charge >= 0.3 is 0 Å². The van der Waals surface area contributed by atoms with Crippen molar-refractivity contribution in [1.82, 2.24) is 4.90 Å². The number of nitrogens with zero attached hydrogens (tertiary/aromatic N) is 2. The number of amidine groups is 1. The molecule has 0 spiro atoms. The minimum absolute atomic E-state index is 0.0765. The van der Waals surface area contributed by atoms with Gasteiger partial charge in [-0.3, -0.25) is 14.5 Å². The molecule has 0 radical (unpaired) electrons. The fraction of sp³-hybridized carbons (Fsp3) is 0.286. The van der Waals surface area contributed by atoms with E-state index in [1.54, 1.807) is 31.3 Å². The Morgan fingerprint density at radius 2 is 1.93 bits per heavy atom. The molecule has 152 valence electrons. The predicted octanol–water partition coefficient (Wildman–Crippen LogP) is 4.20. The Kier molecular flexibility index (Phi) is 6.87. The molecule has 1 fully saturated rings. The van der Waals surface area contributed by atoms with Crippen LogP contribution in [-0.4, -0.2) is 40.8 Å². The number of amides is 2. The van der Waals surface area contributed by atoms with Gasteiger partial charge in [0.15, 0.2) is 5.17 Å². The van der Waals surface area contributed by atoms with Crippen molar-refractivity contribution in [3.05, 3.63) is 54.3 Å². The van der Waals surface area contributed by atoms with Gasteiger partial charge in [-0.1, -0.05) is 18.7 Å². The van der Waals surface area contributed by atoms with Crippen LogP contribution in [0, 0.1) is 5.82 Å². The fourth-order valence-corrected chi connectivity index (χ4v) is 3.67. The zero-order valence-corrected chi connectivity index (χ0v) is 17.0. The minimum atomic E-state index is -0.603. The number of halogens is 1. The number of anilines is 1. The molecule has 1 N–H and O–H groups in total. The molecule has 29 heavy (non-hydrogen) atoms. The summed E-state index contributed by atoms with van der Waals surface area (Å²) in [5.74, 6) is -0.0981. The number of aliphatic imine (C=N–C) groups is 1. The molecule has 0 aromatic heterocycles. The summed E-state index contributed by atoms with van der Waals surface area (Å²) in [6.45, 7) is 2.67. The summed E-state index contributed by atoms with van der Waals surface area (Å²) in [6.07, 6.45) is 0.995. The first kappa shape index (κ1) is 20.9. The van der Waals surface area contributed by atoms with Gasteiger partial charge in [0.25, 0.3) is 0 Å². The highest BCUT2D eigenvalue weighted by Crippen LogP contribution is 2.29. The van der Waals surface area contributed by atoms with Crippen LogP contribution in [0.1, 0.15) is 19.8 Å². The van der Waals surface area contributed by atoms with Crippen LogP contribution in [0.3, 0.4) is 0 Å². The maximum Gasteiger partial charge on any atom is 0.238 e. The van der Waals surface area contributed by atoms with Crippen LogP contribution in [0.2, 0.25) is 0 Å². The van der Waals surface area contributed by atoms with Crippen molar-refractivity contribution in [2.24, 2.45) is 4.99 Å². The zero-order valence-electron chi connectivity index (χ0n) is 16.2. The predicted molar refractivity (Wildman–Crippen MR) is 113 cm³/mol. The average molecular weight is 415 g/mol. The van der Waals surface area contributed by atoms with E-state index in [9.17, 15) is 14.0 Å². The van der Waals surface area contributed by atoms with Gasteiger partial charge in [-0.2, -0.15) is 0 Å². The molecule has 0 aliphatic carbocycles. The molecule has 1 saturated heterocycles. The second kappa shape index (κ2) is 9.56.